The summed E-state index contributed by atoms with van der Waals surface area (Å²) in [5.74, 6) is 1.49. The predicted octanol–water partition coefficient (Wildman–Crippen LogP) is 7.21. The van der Waals surface area contributed by atoms with Gasteiger partial charge in [0, 0.05) is 11.7 Å². The fraction of sp³-hybridized carbons (Fsp3) is 0.300. The Morgan fingerprint density at radius 2 is 1.75 bits per heavy atom. The van der Waals surface area contributed by atoms with Crippen molar-refractivity contribution in [1.82, 2.24) is 9.88 Å². The molecule has 1 aromatic heterocycles. The Kier molecular flexibility index (Phi) is 7.52. The number of benzene rings is 2. The number of thioether (sulfide) groups is 1. The average molecular weight is 498 g/mol. The molecule has 2 aromatic carbocycles. The van der Waals surface area contributed by atoms with E-state index < -0.39 is 0 Å². The number of amidine groups is 1. The van der Waals surface area contributed by atoms with E-state index in [-0.39, 0.29) is 11.9 Å². The average Bonchev–Trinajstić information content (AvgIpc) is 3.19. The van der Waals surface area contributed by atoms with Crippen molar-refractivity contribution in [2.75, 3.05) is 0 Å². The van der Waals surface area contributed by atoms with E-state index in [0.29, 0.717) is 17.3 Å². The lowest BCUT2D eigenvalue weighted by Crippen LogP contribution is -2.40. The molecule has 5 nitrogen and oxygen atoms in total. The summed E-state index contributed by atoms with van der Waals surface area (Å²) in [7, 11) is 0. The summed E-state index contributed by atoms with van der Waals surface area (Å²) < 4.78 is 5.94. The van der Waals surface area contributed by atoms with Crippen LogP contribution in [0.25, 0.3) is 6.08 Å². The number of aryl methyl sites for hydroxylation is 2. The number of carbonyl (C=O) groups excluding carboxylic acids is 1. The lowest BCUT2D eigenvalue weighted by Gasteiger charge is -2.30. The Morgan fingerprint density at radius 1 is 1.00 bits per heavy atom. The van der Waals surface area contributed by atoms with Gasteiger partial charge in [-0.25, -0.2) is 9.98 Å². The number of amides is 1. The van der Waals surface area contributed by atoms with Crippen molar-refractivity contribution < 1.29 is 9.53 Å². The molecule has 0 atom stereocenters. The number of hydrogen-bond acceptors (Lipinski definition) is 5. The minimum absolute atomic E-state index is 0.0398. The Labute approximate surface area is 217 Å². The molecule has 1 amide bonds. The van der Waals surface area contributed by atoms with Crippen LogP contribution in [0.5, 0.6) is 5.75 Å². The number of nitrogens with zero attached hydrogens (tertiary/aromatic N) is 3. The second-order valence-electron chi connectivity index (χ2n) is 9.45. The minimum Gasteiger partial charge on any atom is -0.489 e. The summed E-state index contributed by atoms with van der Waals surface area (Å²) in [5, 5.41) is 0.731. The van der Waals surface area contributed by atoms with E-state index in [4.69, 9.17) is 9.73 Å². The maximum atomic E-state index is 13.5. The van der Waals surface area contributed by atoms with Gasteiger partial charge in [0.1, 0.15) is 12.4 Å². The molecule has 1 aliphatic carbocycles. The summed E-state index contributed by atoms with van der Waals surface area (Å²) in [6.45, 7) is 4.56. The first kappa shape index (κ1) is 24.3. The lowest BCUT2D eigenvalue weighted by molar-refractivity contribution is -0.124. The predicted molar refractivity (Wildman–Crippen MR) is 147 cm³/mol. The Hall–Kier alpha value is -3.38. The normalized spacial score (nSPS) is 18.8. The molecule has 0 unspecified atom stereocenters. The summed E-state index contributed by atoms with van der Waals surface area (Å²) in [4.78, 5) is 25.5. The molecule has 2 heterocycles. The zero-order valence-corrected chi connectivity index (χ0v) is 21.6. The highest BCUT2D eigenvalue weighted by Gasteiger charge is 2.38. The van der Waals surface area contributed by atoms with E-state index in [2.05, 4.69) is 36.2 Å². The fourth-order valence-corrected chi connectivity index (χ4v) is 5.62. The first-order valence-corrected chi connectivity index (χ1v) is 13.4. The van der Waals surface area contributed by atoms with Crippen molar-refractivity contribution in [1.29, 1.82) is 0 Å². The first-order valence-electron chi connectivity index (χ1n) is 12.6. The molecule has 1 saturated carbocycles. The monoisotopic (exact) mass is 497 g/mol. The van der Waals surface area contributed by atoms with Crippen LogP contribution in [0.4, 0.5) is 5.82 Å². The van der Waals surface area contributed by atoms with E-state index in [1.54, 1.807) is 0 Å². The molecule has 36 heavy (non-hydrogen) atoms. The summed E-state index contributed by atoms with van der Waals surface area (Å²) in [5.41, 5.74) is 4.25. The van der Waals surface area contributed by atoms with Gasteiger partial charge in [-0.3, -0.25) is 9.69 Å². The quantitative estimate of drug-likeness (QED) is 0.338. The van der Waals surface area contributed by atoms with Gasteiger partial charge in [0.2, 0.25) is 0 Å². The molecule has 2 fully saturated rings. The van der Waals surface area contributed by atoms with Crippen LogP contribution in [0.3, 0.4) is 0 Å². The van der Waals surface area contributed by atoms with Crippen molar-refractivity contribution in [3.8, 4) is 5.75 Å². The maximum absolute atomic E-state index is 13.5. The summed E-state index contributed by atoms with van der Waals surface area (Å²) >= 11 is 1.45. The molecule has 2 aliphatic rings. The Bertz CT molecular complexity index is 1280. The van der Waals surface area contributed by atoms with Gasteiger partial charge >= 0.3 is 0 Å². The largest absolute Gasteiger partial charge is 0.489 e. The molecule has 1 aliphatic heterocycles. The fourth-order valence-electron chi connectivity index (χ4n) is 4.58. The van der Waals surface area contributed by atoms with Gasteiger partial charge in [-0.05, 0) is 79.9 Å². The third-order valence-corrected chi connectivity index (χ3v) is 7.55. The highest BCUT2D eigenvalue weighted by atomic mass is 32.2. The molecule has 5 rings (SSSR count). The molecule has 184 valence electrons. The highest BCUT2D eigenvalue weighted by molar-refractivity contribution is 8.18. The van der Waals surface area contributed by atoms with Crippen LogP contribution in [0.2, 0.25) is 0 Å². The zero-order valence-electron chi connectivity index (χ0n) is 20.8. The van der Waals surface area contributed by atoms with Crippen LogP contribution in [-0.2, 0) is 11.4 Å². The topological polar surface area (TPSA) is 54.8 Å². The van der Waals surface area contributed by atoms with Crippen molar-refractivity contribution in [2.24, 2.45) is 4.99 Å². The minimum atomic E-state index is 0.0398. The second kappa shape index (κ2) is 11.1. The van der Waals surface area contributed by atoms with E-state index >= 15 is 0 Å². The zero-order chi connectivity index (χ0) is 24.9. The SMILES string of the molecule is Cc1ccc(COc2ccc(/C=C3\S/C(=N/c4cccc(C)n4)N(C4CCCCC4)C3=O)cc2)cc1. The van der Waals surface area contributed by atoms with Crippen molar-refractivity contribution >= 4 is 34.7 Å². The van der Waals surface area contributed by atoms with Crippen LogP contribution in [0.15, 0.2) is 76.6 Å². The Morgan fingerprint density at radius 3 is 2.47 bits per heavy atom. The van der Waals surface area contributed by atoms with Gasteiger partial charge in [0.25, 0.3) is 5.91 Å². The van der Waals surface area contributed by atoms with Crippen LogP contribution < -0.4 is 4.74 Å². The number of ether oxygens (including phenoxy) is 1. The number of aliphatic imine (C=N–C) groups is 1. The van der Waals surface area contributed by atoms with Gasteiger partial charge in [-0.2, -0.15) is 0 Å². The molecular weight excluding hydrogens is 466 g/mol. The molecule has 6 heteroatoms. The summed E-state index contributed by atoms with van der Waals surface area (Å²) in [6, 6.07) is 22.2. The molecule has 0 spiro atoms. The maximum Gasteiger partial charge on any atom is 0.267 e. The van der Waals surface area contributed by atoms with Crippen LogP contribution in [0.1, 0.15) is 54.5 Å². The van der Waals surface area contributed by atoms with Crippen LogP contribution in [-0.4, -0.2) is 27.0 Å². The van der Waals surface area contributed by atoms with E-state index in [0.717, 1.165) is 53.4 Å². The summed E-state index contributed by atoms with van der Waals surface area (Å²) in [6.07, 6.45) is 7.54. The number of carbonyl (C=O) groups is 1. The molecule has 3 aromatic rings. The Balaban J connectivity index is 1.34. The van der Waals surface area contributed by atoms with Gasteiger partial charge < -0.3 is 4.74 Å². The standard InChI is InChI=1S/C30H31N3O2S/c1-21-11-13-24(14-12-21)20-35-26-17-15-23(16-18-26)19-27-29(34)33(25-8-4-3-5-9-25)30(36-27)32-28-10-6-7-22(2)31-28/h6-7,10-19,25H,3-5,8-9,20H2,1-2H3/b27-19-,32-30+. The smallest absolute Gasteiger partial charge is 0.267 e. The molecule has 0 N–H and O–H groups in total. The van der Waals surface area contributed by atoms with Gasteiger partial charge in [0.15, 0.2) is 11.0 Å². The number of pyridine rings is 1. The molecule has 1 saturated heterocycles. The van der Waals surface area contributed by atoms with Crippen molar-refractivity contribution in [3.63, 3.8) is 0 Å². The van der Waals surface area contributed by atoms with Crippen molar-refractivity contribution in [3.05, 3.63) is 94.0 Å². The van der Waals surface area contributed by atoms with Gasteiger partial charge in [-0.15, -0.1) is 0 Å². The molecule has 0 bridgehead atoms. The number of hydrogen-bond donors (Lipinski definition) is 0. The number of aromatic nitrogens is 1. The molecule has 0 radical (unpaired) electrons. The van der Waals surface area contributed by atoms with Crippen LogP contribution >= 0.6 is 11.8 Å². The molecular formula is C30H31N3O2S. The van der Waals surface area contributed by atoms with Gasteiger partial charge in [-0.1, -0.05) is 67.3 Å². The lowest BCUT2D eigenvalue weighted by atomic mass is 9.94. The van der Waals surface area contributed by atoms with E-state index in [9.17, 15) is 4.79 Å². The second-order valence-corrected chi connectivity index (χ2v) is 10.5. The van der Waals surface area contributed by atoms with Gasteiger partial charge in [0.05, 0.1) is 4.91 Å². The van der Waals surface area contributed by atoms with Crippen molar-refractivity contribution in [2.45, 2.75) is 58.6 Å². The third kappa shape index (κ3) is 5.88. The highest BCUT2D eigenvalue weighted by Crippen LogP contribution is 2.38. The third-order valence-electron chi connectivity index (χ3n) is 6.56. The van der Waals surface area contributed by atoms with E-state index in [1.165, 1.54) is 23.7 Å². The van der Waals surface area contributed by atoms with E-state index in [1.807, 2.05) is 60.4 Å². The van der Waals surface area contributed by atoms with Crippen LogP contribution in [0, 0.1) is 13.8 Å². The first-order chi connectivity index (χ1) is 17.5. The number of rotatable bonds is 6.